The Hall–Kier alpha value is -4.28. The van der Waals surface area contributed by atoms with Gasteiger partial charge in [-0.2, -0.15) is 0 Å². The number of hydrogen-bond acceptors (Lipinski definition) is 7. The molecular formula is C64H86N4O6. The van der Waals surface area contributed by atoms with Gasteiger partial charge in [-0.1, -0.05) is 106 Å². The molecule has 7 fully saturated rings. The van der Waals surface area contributed by atoms with Gasteiger partial charge in [-0.05, 0) is 172 Å². The van der Waals surface area contributed by atoms with E-state index in [1.54, 1.807) is 4.90 Å². The average molecular weight is 1010 g/mol. The lowest BCUT2D eigenvalue weighted by molar-refractivity contribution is -0.174. The molecule has 1 heterocycles. The maximum absolute atomic E-state index is 14.5. The van der Waals surface area contributed by atoms with Gasteiger partial charge in [0.15, 0.2) is 23.1 Å². The van der Waals surface area contributed by atoms with Gasteiger partial charge in [-0.3, -0.25) is 24.1 Å². The summed E-state index contributed by atoms with van der Waals surface area (Å²) in [6.07, 6.45) is 21.6. The second-order valence-corrected chi connectivity index (χ2v) is 30.2. The van der Waals surface area contributed by atoms with E-state index in [1.165, 1.54) is 5.57 Å². The highest BCUT2D eigenvalue weighted by Gasteiger charge is 2.72. The van der Waals surface area contributed by atoms with Gasteiger partial charge in [0.1, 0.15) is 0 Å². The van der Waals surface area contributed by atoms with Crippen molar-refractivity contribution in [2.24, 2.45) is 95.4 Å². The third kappa shape index (κ3) is 6.66. The van der Waals surface area contributed by atoms with E-state index in [1.807, 2.05) is 52.0 Å². The van der Waals surface area contributed by atoms with E-state index in [0.29, 0.717) is 25.2 Å². The van der Waals surface area contributed by atoms with Crippen molar-refractivity contribution >= 4 is 34.9 Å². The van der Waals surface area contributed by atoms with E-state index in [9.17, 15) is 28.8 Å². The summed E-state index contributed by atoms with van der Waals surface area (Å²) < 4.78 is 0. The van der Waals surface area contributed by atoms with E-state index in [-0.39, 0.29) is 114 Å². The molecule has 0 spiro atoms. The van der Waals surface area contributed by atoms with Gasteiger partial charge in [0, 0.05) is 57.4 Å². The summed E-state index contributed by atoms with van der Waals surface area (Å²) in [6, 6.07) is 0. The fraction of sp³-hybridized carbons (Fsp3) is 0.750. The van der Waals surface area contributed by atoms with Crippen LogP contribution in [0.15, 0.2) is 46.8 Å². The Balaban J connectivity index is 0.000000172. The number of carbonyl (C=O) groups is 6. The van der Waals surface area contributed by atoms with E-state index < -0.39 is 27.2 Å². The van der Waals surface area contributed by atoms with Crippen molar-refractivity contribution in [3.05, 3.63) is 69.7 Å². The van der Waals surface area contributed by atoms with Crippen LogP contribution in [0.4, 0.5) is 0 Å². The van der Waals surface area contributed by atoms with Crippen molar-refractivity contribution < 1.29 is 28.8 Å². The number of carbonyl (C=O) groups excluding carboxylic acids is 6. The van der Waals surface area contributed by atoms with E-state index in [0.717, 1.165) is 89.0 Å². The summed E-state index contributed by atoms with van der Waals surface area (Å²) in [5.41, 5.74) is 5.74. The second kappa shape index (κ2) is 15.9. The molecule has 1 aliphatic heterocycles. The van der Waals surface area contributed by atoms with Crippen molar-refractivity contribution in [1.82, 2.24) is 4.90 Å². The predicted octanol–water partition coefficient (Wildman–Crippen LogP) is 12.7. The third-order valence-corrected chi connectivity index (χ3v) is 25.7. The fourth-order valence-corrected chi connectivity index (χ4v) is 20.8. The molecule has 1 saturated heterocycles. The molecule has 6 saturated carbocycles. The molecule has 11 aliphatic rings. The minimum absolute atomic E-state index is 0.00845. The lowest BCUT2D eigenvalue weighted by Crippen LogP contribution is -2.66. The molecule has 10 heteroatoms. The standard InChI is InChI=1S/C34H44N2O4.C30H42N2O2/c1-29(2)23-11-12-33(6)24(32(23,5)19-21(35-8)28(29)40)17-22(37)27-20-18-31(4,36-25(38)9-10-26(36)39)15-13-30(20,3)14-16-34(27,33)7;1-25(2)21-9-10-29(6)22(28(21,5)17-19(32-8)24(25)34)15-20(33)23-18-16-27(4,31)13-11-26(18,3)12-14-30(23,29)7/h17,19-20,23,27H,9-16,18H2,1-7H3;15,17-18,21,23H,9-14,16,31H2,1-7H3/t20-,23-,27-,30+,31-,32-,33+,34+;18-,21-,23-,26+,27-,28-,29+,30+/m00/s1. The molecule has 398 valence electrons. The van der Waals surface area contributed by atoms with Crippen LogP contribution in [0.2, 0.25) is 0 Å². The Morgan fingerprint density at radius 1 is 0.514 bits per heavy atom. The summed E-state index contributed by atoms with van der Waals surface area (Å²) in [7, 11) is 0. The lowest BCUT2D eigenvalue weighted by Gasteiger charge is -2.69. The number of imide groups is 1. The van der Waals surface area contributed by atoms with Crippen LogP contribution in [0.25, 0.3) is 9.69 Å². The highest BCUT2D eigenvalue weighted by molar-refractivity contribution is 6.05. The lowest BCUT2D eigenvalue weighted by atomic mass is 9.34. The molecule has 10 aliphatic carbocycles. The topological polar surface area (TPSA) is 140 Å². The van der Waals surface area contributed by atoms with Crippen LogP contribution in [0, 0.1) is 103 Å². The molecule has 0 aromatic heterocycles. The molecule has 0 unspecified atom stereocenters. The molecule has 74 heavy (non-hydrogen) atoms. The Morgan fingerprint density at radius 3 is 1.30 bits per heavy atom. The van der Waals surface area contributed by atoms with E-state index in [2.05, 4.69) is 78.9 Å². The summed E-state index contributed by atoms with van der Waals surface area (Å²) >= 11 is 0. The highest BCUT2D eigenvalue weighted by Crippen LogP contribution is 2.76. The first-order valence-corrected chi connectivity index (χ1v) is 28.5. The SMILES string of the molecule is [C-]#[N+]C1=C[C@]2(C)C3=CC(=O)[C@@H]4[C@@H]5C[C@@](C)(N)CC[C@]5(C)CC[C@@]4(C)[C@]3(C)CC[C@H]2C(C)(C)C1=O.[C-]#[N+]C1=C[C@]2(C)C3=CC(=O)[C@@H]4[C@@H]5C[C@@](C)(N6C(=O)CCC6=O)CC[C@]5(C)CC[C@@]4(C)[C@]3(C)CC[C@H]2C(C)(C)C1=O. The molecule has 2 N–H and O–H groups in total. The molecule has 16 atom stereocenters. The Kier molecular flexibility index (Phi) is 11.4. The van der Waals surface area contributed by atoms with Gasteiger partial charge in [0.2, 0.25) is 23.2 Å². The number of ketones is 4. The summed E-state index contributed by atoms with van der Waals surface area (Å²) in [4.78, 5) is 89.7. The number of nitrogens with two attached hydrogens (primary N) is 1. The Morgan fingerprint density at radius 2 is 0.892 bits per heavy atom. The normalized spacial score (nSPS) is 49.6. The zero-order chi connectivity index (χ0) is 54.4. The summed E-state index contributed by atoms with van der Waals surface area (Å²) in [6.45, 7) is 46.2. The number of likely N-dealkylation sites (tertiary alicyclic amines) is 1. The van der Waals surface area contributed by atoms with Crippen LogP contribution in [0.1, 0.15) is 200 Å². The number of rotatable bonds is 1. The Labute approximate surface area is 442 Å². The summed E-state index contributed by atoms with van der Waals surface area (Å²) in [5.74, 6) is 0.482. The monoisotopic (exact) mass is 1010 g/mol. The maximum Gasteiger partial charge on any atom is 0.230 e. The number of fused-ring (bicyclic) bond motifs is 14. The quantitative estimate of drug-likeness (QED) is 0.204. The molecule has 0 bridgehead atoms. The maximum atomic E-state index is 14.5. The molecular weight excluding hydrogens is 921 g/mol. The van der Waals surface area contributed by atoms with Gasteiger partial charge in [0.25, 0.3) is 0 Å². The molecule has 11 rings (SSSR count). The average Bonchev–Trinajstić information content (AvgIpc) is 3.66. The van der Waals surface area contributed by atoms with Crippen molar-refractivity contribution in [3.8, 4) is 0 Å². The number of Topliss-reactive ketones (excluding diaryl/α,β-unsaturated/α-hetero) is 2. The Bertz CT molecular complexity index is 2820. The van der Waals surface area contributed by atoms with Crippen molar-refractivity contribution in [1.29, 1.82) is 0 Å². The first kappa shape index (κ1) is 53.1. The van der Waals surface area contributed by atoms with Crippen LogP contribution in [-0.2, 0) is 28.8 Å². The summed E-state index contributed by atoms with van der Waals surface area (Å²) in [5, 5.41) is 0. The zero-order valence-corrected chi connectivity index (χ0v) is 47.5. The first-order chi connectivity index (χ1) is 34.0. The number of allylic oxidation sites excluding steroid dienone is 8. The van der Waals surface area contributed by atoms with Gasteiger partial charge in [-0.15, -0.1) is 0 Å². The molecule has 2 amide bonds. The van der Waals surface area contributed by atoms with Gasteiger partial charge >= 0.3 is 0 Å². The van der Waals surface area contributed by atoms with Crippen molar-refractivity contribution in [2.75, 3.05) is 0 Å². The molecule has 10 nitrogen and oxygen atoms in total. The predicted molar refractivity (Wildman–Crippen MR) is 286 cm³/mol. The fourth-order valence-electron chi connectivity index (χ4n) is 20.8. The van der Waals surface area contributed by atoms with Crippen LogP contribution >= 0.6 is 0 Å². The smallest absolute Gasteiger partial charge is 0.230 e. The van der Waals surface area contributed by atoms with Crippen LogP contribution in [0.3, 0.4) is 0 Å². The largest absolute Gasteiger partial charge is 0.325 e. The zero-order valence-electron chi connectivity index (χ0n) is 47.5. The highest BCUT2D eigenvalue weighted by atomic mass is 16.2. The third-order valence-electron chi connectivity index (χ3n) is 25.7. The number of amides is 2. The van der Waals surface area contributed by atoms with Gasteiger partial charge in [-0.25, -0.2) is 9.69 Å². The minimum atomic E-state index is -0.669. The van der Waals surface area contributed by atoms with Crippen molar-refractivity contribution in [2.45, 2.75) is 211 Å². The molecule has 0 aromatic rings. The van der Waals surface area contributed by atoms with Crippen LogP contribution in [0.5, 0.6) is 0 Å². The van der Waals surface area contributed by atoms with Crippen LogP contribution in [-0.4, -0.2) is 50.9 Å². The number of nitrogens with zero attached hydrogens (tertiary/aromatic N) is 3. The van der Waals surface area contributed by atoms with Crippen molar-refractivity contribution in [3.63, 3.8) is 0 Å². The minimum Gasteiger partial charge on any atom is -0.325 e. The van der Waals surface area contributed by atoms with Gasteiger partial charge < -0.3 is 15.3 Å². The van der Waals surface area contributed by atoms with Crippen LogP contribution < -0.4 is 5.73 Å². The second-order valence-electron chi connectivity index (χ2n) is 30.2. The molecule has 0 aromatic carbocycles. The van der Waals surface area contributed by atoms with E-state index in [4.69, 9.17) is 18.9 Å². The first-order valence-electron chi connectivity index (χ1n) is 28.5. The van der Waals surface area contributed by atoms with Gasteiger partial charge in [0.05, 0.1) is 13.1 Å². The molecule has 0 radical (unpaired) electrons. The van der Waals surface area contributed by atoms with E-state index >= 15 is 0 Å². The number of hydrogen-bond donors (Lipinski definition) is 1.